The third-order valence-corrected chi connectivity index (χ3v) is 4.36. The van der Waals surface area contributed by atoms with Crippen molar-refractivity contribution in [2.45, 2.75) is 19.3 Å². The lowest BCUT2D eigenvalue weighted by Gasteiger charge is -2.05. The lowest BCUT2D eigenvalue weighted by molar-refractivity contribution is -0.137. The molecular weight excluding hydrogens is 266 g/mol. The summed E-state index contributed by atoms with van der Waals surface area (Å²) in [6, 6.07) is 0. The summed E-state index contributed by atoms with van der Waals surface area (Å²) in [6.07, 6.45) is 0.699. The number of aliphatic hydroxyl groups is 1. The molecule has 0 radical (unpaired) electrons. The number of hydrogen-bond acceptors (Lipinski definition) is 5. The number of aliphatic carboxylic acids is 1. The normalized spacial score (nSPS) is 11.6. The molecule has 0 saturated carbocycles. The molecule has 0 aliphatic carbocycles. The van der Waals surface area contributed by atoms with Crippen molar-refractivity contribution >= 4 is 27.8 Å². The Morgan fingerprint density at radius 1 is 1.24 bits per heavy atom. The van der Waals surface area contributed by atoms with Crippen LogP contribution in [0.2, 0.25) is 0 Å². The molecule has 0 fully saturated rings. The Labute approximate surface area is 106 Å². The summed E-state index contributed by atoms with van der Waals surface area (Å²) in [5.41, 5.74) is 0. The fourth-order valence-corrected chi connectivity index (χ4v) is 3.02. The van der Waals surface area contributed by atoms with Gasteiger partial charge in [0.2, 0.25) is 10.0 Å². The van der Waals surface area contributed by atoms with Crippen molar-refractivity contribution in [1.29, 1.82) is 0 Å². The molecule has 102 valence electrons. The fourth-order valence-electron chi connectivity index (χ4n) is 1.02. The molecule has 0 aromatic carbocycles. The maximum Gasteiger partial charge on any atom is 0.303 e. The van der Waals surface area contributed by atoms with Gasteiger partial charge in [-0.15, -0.1) is 0 Å². The summed E-state index contributed by atoms with van der Waals surface area (Å²) in [4.78, 5) is 10.2. The van der Waals surface area contributed by atoms with Gasteiger partial charge in [-0.1, -0.05) is 0 Å². The van der Waals surface area contributed by atoms with Gasteiger partial charge in [-0.2, -0.15) is 11.8 Å². The molecule has 0 heterocycles. The predicted octanol–water partition coefficient (Wildman–Crippen LogP) is -0.114. The number of carboxylic acids is 1. The van der Waals surface area contributed by atoms with E-state index in [1.807, 2.05) is 0 Å². The van der Waals surface area contributed by atoms with Gasteiger partial charge in [-0.25, -0.2) is 13.1 Å². The van der Waals surface area contributed by atoms with Crippen molar-refractivity contribution in [3.63, 3.8) is 0 Å². The number of thioether (sulfide) groups is 1. The Balaban J connectivity index is 3.54. The second-order valence-corrected chi connectivity index (χ2v) is 6.55. The van der Waals surface area contributed by atoms with Crippen LogP contribution in [-0.2, 0) is 14.8 Å². The van der Waals surface area contributed by atoms with Crippen LogP contribution in [0.4, 0.5) is 0 Å². The number of aliphatic hydroxyl groups excluding tert-OH is 1. The van der Waals surface area contributed by atoms with Gasteiger partial charge in [0, 0.05) is 25.3 Å². The maximum atomic E-state index is 11.3. The topological polar surface area (TPSA) is 104 Å². The highest BCUT2D eigenvalue weighted by molar-refractivity contribution is 7.99. The van der Waals surface area contributed by atoms with E-state index in [0.717, 1.165) is 5.75 Å². The summed E-state index contributed by atoms with van der Waals surface area (Å²) < 4.78 is 25.1. The van der Waals surface area contributed by atoms with Gasteiger partial charge in [0.1, 0.15) is 0 Å². The van der Waals surface area contributed by atoms with E-state index >= 15 is 0 Å². The first-order chi connectivity index (χ1) is 7.98. The van der Waals surface area contributed by atoms with Gasteiger partial charge in [-0.05, 0) is 18.6 Å². The number of carbonyl (C=O) groups is 1. The fraction of sp³-hybridized carbons (Fsp3) is 0.889. The number of hydrogen-bond donors (Lipinski definition) is 3. The molecule has 0 aliphatic heterocycles. The van der Waals surface area contributed by atoms with Crippen molar-refractivity contribution in [1.82, 2.24) is 4.72 Å². The number of rotatable bonds is 11. The molecule has 0 saturated heterocycles. The molecule has 0 unspecified atom stereocenters. The van der Waals surface area contributed by atoms with Crippen LogP contribution in [0.1, 0.15) is 19.3 Å². The van der Waals surface area contributed by atoms with Gasteiger partial charge in [0.25, 0.3) is 0 Å². The monoisotopic (exact) mass is 285 g/mol. The molecule has 0 rings (SSSR count). The standard InChI is InChI=1S/C9H19NO5S2/c11-5-2-6-16-7-4-10-17(14,15)8-1-3-9(12)13/h10-11H,1-8H2,(H,12,13). The zero-order valence-corrected chi connectivity index (χ0v) is 11.2. The molecule has 0 bridgehead atoms. The highest BCUT2D eigenvalue weighted by Gasteiger charge is 2.10. The zero-order chi connectivity index (χ0) is 13.1. The SMILES string of the molecule is O=C(O)CCCS(=O)(=O)NCCSCCCO. The summed E-state index contributed by atoms with van der Waals surface area (Å²) >= 11 is 1.57. The van der Waals surface area contributed by atoms with E-state index in [0.29, 0.717) is 18.7 Å². The molecule has 0 aromatic heterocycles. The molecule has 17 heavy (non-hydrogen) atoms. The molecule has 0 aliphatic rings. The Morgan fingerprint density at radius 3 is 2.53 bits per heavy atom. The molecule has 0 atom stereocenters. The van der Waals surface area contributed by atoms with E-state index in [1.54, 1.807) is 11.8 Å². The van der Waals surface area contributed by atoms with Crippen molar-refractivity contribution in [2.75, 3.05) is 30.4 Å². The van der Waals surface area contributed by atoms with E-state index in [1.165, 1.54) is 0 Å². The van der Waals surface area contributed by atoms with Crippen LogP contribution < -0.4 is 4.72 Å². The van der Waals surface area contributed by atoms with Crippen LogP contribution in [0.15, 0.2) is 0 Å². The molecule has 0 amide bonds. The lowest BCUT2D eigenvalue weighted by atomic mass is 10.3. The smallest absolute Gasteiger partial charge is 0.303 e. The van der Waals surface area contributed by atoms with E-state index in [4.69, 9.17) is 10.2 Å². The van der Waals surface area contributed by atoms with Crippen LogP contribution in [0, 0.1) is 0 Å². The maximum absolute atomic E-state index is 11.3. The van der Waals surface area contributed by atoms with Crippen molar-refractivity contribution < 1.29 is 23.4 Å². The number of nitrogens with one attached hydrogen (secondary N) is 1. The highest BCUT2D eigenvalue weighted by atomic mass is 32.2. The van der Waals surface area contributed by atoms with Crippen molar-refractivity contribution in [2.24, 2.45) is 0 Å². The molecule has 6 nitrogen and oxygen atoms in total. The van der Waals surface area contributed by atoms with Gasteiger partial charge >= 0.3 is 5.97 Å². The Hall–Kier alpha value is -0.310. The van der Waals surface area contributed by atoms with Crippen LogP contribution >= 0.6 is 11.8 Å². The van der Waals surface area contributed by atoms with E-state index < -0.39 is 16.0 Å². The second kappa shape index (κ2) is 9.69. The summed E-state index contributed by atoms with van der Waals surface area (Å²) in [5, 5.41) is 16.9. The van der Waals surface area contributed by atoms with Gasteiger partial charge in [0.15, 0.2) is 0 Å². The van der Waals surface area contributed by atoms with Crippen LogP contribution in [0.5, 0.6) is 0 Å². The van der Waals surface area contributed by atoms with E-state index in [2.05, 4.69) is 4.72 Å². The van der Waals surface area contributed by atoms with Crippen LogP contribution in [0.25, 0.3) is 0 Å². The second-order valence-electron chi connectivity index (χ2n) is 3.40. The highest BCUT2D eigenvalue weighted by Crippen LogP contribution is 2.01. The van der Waals surface area contributed by atoms with Gasteiger partial charge in [-0.3, -0.25) is 4.79 Å². The molecule has 0 aromatic rings. The average molecular weight is 285 g/mol. The minimum absolute atomic E-state index is 0.127. The lowest BCUT2D eigenvalue weighted by Crippen LogP contribution is -2.28. The number of sulfonamides is 1. The van der Waals surface area contributed by atoms with Crippen molar-refractivity contribution in [3.05, 3.63) is 0 Å². The summed E-state index contributed by atoms with van der Waals surface area (Å²) in [5.74, 6) is 0.315. The van der Waals surface area contributed by atoms with Gasteiger partial charge in [0.05, 0.1) is 5.75 Å². The largest absolute Gasteiger partial charge is 0.481 e. The van der Waals surface area contributed by atoms with Gasteiger partial charge < -0.3 is 10.2 Å². The third kappa shape index (κ3) is 11.9. The molecule has 8 heteroatoms. The van der Waals surface area contributed by atoms with E-state index in [9.17, 15) is 13.2 Å². The Bertz CT molecular complexity index is 305. The average Bonchev–Trinajstić information content (AvgIpc) is 2.22. The summed E-state index contributed by atoms with van der Waals surface area (Å²) in [7, 11) is -3.35. The van der Waals surface area contributed by atoms with E-state index in [-0.39, 0.29) is 25.2 Å². The minimum Gasteiger partial charge on any atom is -0.481 e. The minimum atomic E-state index is -3.35. The number of carboxylic acid groups (broad SMARTS) is 1. The third-order valence-electron chi connectivity index (χ3n) is 1.82. The first kappa shape index (κ1) is 16.7. The summed E-state index contributed by atoms with van der Waals surface area (Å²) in [6.45, 7) is 0.486. The van der Waals surface area contributed by atoms with Crippen molar-refractivity contribution in [3.8, 4) is 0 Å². The Kier molecular flexibility index (Phi) is 9.52. The first-order valence-electron chi connectivity index (χ1n) is 5.35. The quantitative estimate of drug-likeness (QED) is 0.457. The molecule has 3 N–H and O–H groups in total. The molecule has 0 spiro atoms. The molecular formula is C9H19NO5S2. The predicted molar refractivity (Wildman–Crippen MR) is 67.7 cm³/mol. The zero-order valence-electron chi connectivity index (χ0n) is 9.59. The van der Waals surface area contributed by atoms with Crippen LogP contribution in [0.3, 0.4) is 0 Å². The Morgan fingerprint density at radius 2 is 1.94 bits per heavy atom. The van der Waals surface area contributed by atoms with Crippen LogP contribution in [-0.4, -0.2) is 55.0 Å². The first-order valence-corrected chi connectivity index (χ1v) is 8.16.